The molecule has 0 aromatic heterocycles. The molecule has 0 aromatic rings. The molecule has 1 saturated carbocycles. The molecule has 0 radical (unpaired) electrons. The zero-order chi connectivity index (χ0) is 16.5. The normalized spacial score (nSPS) is 23.3. The molecule has 2 atom stereocenters. The molecule has 5 heteroatoms. The van der Waals surface area contributed by atoms with E-state index >= 15 is 0 Å². The molecule has 0 amide bonds. The van der Waals surface area contributed by atoms with E-state index in [1.165, 1.54) is 24.9 Å². The Labute approximate surface area is 168 Å². The summed E-state index contributed by atoms with van der Waals surface area (Å²) in [4.78, 5) is 9.85. The maximum atomic E-state index is 5.17. The molecule has 0 spiro atoms. The third kappa shape index (κ3) is 9.49. The fraction of sp³-hybridized carbons (Fsp3) is 0.889. The van der Waals surface area contributed by atoms with Crippen LogP contribution in [0.2, 0.25) is 38.3 Å². The molecule has 0 N–H and O–H groups in total. The second-order valence-electron chi connectivity index (χ2n) is 9.25. The van der Waals surface area contributed by atoms with Crippen LogP contribution in [0.4, 0.5) is 0 Å². The minimum absolute atomic E-state index is 0. The van der Waals surface area contributed by atoms with Gasteiger partial charge >= 0.3 is 26.2 Å². The topological polar surface area (TPSA) is 28.2 Å². The van der Waals surface area contributed by atoms with Gasteiger partial charge in [-0.1, -0.05) is 88.4 Å². The van der Waals surface area contributed by atoms with Crippen LogP contribution in [-0.4, -0.2) is 29.1 Å². The quantitative estimate of drug-likeness (QED) is 0.333. The first-order valence-corrected chi connectivity index (χ1v) is 14.8. The van der Waals surface area contributed by atoms with Crippen molar-refractivity contribution in [3.8, 4) is 0 Å². The second kappa shape index (κ2) is 9.80. The van der Waals surface area contributed by atoms with Gasteiger partial charge in [0, 0.05) is 0 Å². The molecule has 1 aliphatic carbocycles. The predicted molar refractivity (Wildman–Crippen MR) is 109 cm³/mol. The predicted octanol–water partition coefficient (Wildman–Crippen LogP) is 6.64. The summed E-state index contributed by atoms with van der Waals surface area (Å²) in [5.41, 5.74) is 0.123. The number of hydrogen-bond acceptors (Lipinski definition) is 0. The molecular formula is C18H40N2Si2Zr. The van der Waals surface area contributed by atoms with Crippen LogP contribution in [0.3, 0.4) is 0 Å². The van der Waals surface area contributed by atoms with E-state index in [-0.39, 0.29) is 39.2 Å². The summed E-state index contributed by atoms with van der Waals surface area (Å²) >= 11 is 0. The van der Waals surface area contributed by atoms with Gasteiger partial charge in [0.05, 0.1) is 0 Å². The van der Waals surface area contributed by atoms with Crippen LogP contribution in [0.1, 0.15) is 40.5 Å². The van der Waals surface area contributed by atoms with Crippen LogP contribution < -0.4 is 0 Å². The first-order chi connectivity index (χ1) is 9.35. The maximum Gasteiger partial charge on any atom is 4.00 e. The summed E-state index contributed by atoms with van der Waals surface area (Å²) < 4.78 is 0. The Bertz CT molecular complexity index is 340. The van der Waals surface area contributed by atoms with Gasteiger partial charge in [-0.25, -0.2) is 0 Å². The van der Waals surface area contributed by atoms with Crippen molar-refractivity contribution in [3.05, 3.63) is 23.3 Å². The molecule has 0 aliphatic heterocycles. The van der Waals surface area contributed by atoms with Gasteiger partial charge in [0.15, 0.2) is 0 Å². The Balaban J connectivity index is 0. The van der Waals surface area contributed by atoms with Crippen LogP contribution in [0.5, 0.6) is 0 Å². The molecule has 0 bridgehead atoms. The monoisotopic (exact) mass is 430 g/mol. The molecular weight excluding hydrogens is 392 g/mol. The number of nitrogens with zero attached hydrogens (tertiary/aromatic N) is 2. The van der Waals surface area contributed by atoms with Gasteiger partial charge in [-0.05, 0) is 0 Å². The van der Waals surface area contributed by atoms with E-state index in [1.54, 1.807) is 5.92 Å². The molecule has 23 heavy (non-hydrogen) atoms. The van der Waals surface area contributed by atoms with Crippen LogP contribution in [0.25, 0.3) is 9.96 Å². The van der Waals surface area contributed by atoms with E-state index in [1.807, 2.05) is 7.05 Å². The molecule has 1 aliphatic rings. The summed E-state index contributed by atoms with van der Waals surface area (Å²) in [6, 6.07) is 2.70. The molecule has 0 aromatic carbocycles. The van der Waals surface area contributed by atoms with Crippen molar-refractivity contribution in [3.63, 3.8) is 0 Å². The fourth-order valence-corrected chi connectivity index (χ4v) is 9.52. The van der Waals surface area contributed by atoms with Gasteiger partial charge < -0.3 is 23.3 Å². The second-order valence-corrected chi connectivity index (χ2v) is 18.0. The third-order valence-corrected chi connectivity index (χ3v) is 10.4. The van der Waals surface area contributed by atoms with Gasteiger partial charge in [-0.3, -0.25) is 0 Å². The Morgan fingerprint density at radius 2 is 1.35 bits per heavy atom. The molecule has 1 rings (SSSR count). The summed E-state index contributed by atoms with van der Waals surface area (Å²) in [6.45, 7) is 18.8. The van der Waals surface area contributed by atoms with Crippen LogP contribution >= 0.6 is 0 Å². The van der Waals surface area contributed by atoms with Gasteiger partial charge in [0.25, 0.3) is 0 Å². The number of rotatable bonds is 6. The molecule has 2 unspecified atom stereocenters. The van der Waals surface area contributed by atoms with Crippen molar-refractivity contribution in [2.24, 2.45) is 11.8 Å². The zero-order valence-electron chi connectivity index (χ0n) is 17.4. The summed E-state index contributed by atoms with van der Waals surface area (Å²) in [5.74, 6) is 3.42. The minimum atomic E-state index is -1.45. The largest absolute Gasteiger partial charge is 4.00 e. The standard InChI is InChI=1S/C17H37N2Si2.CH3.Zr/c1-14-15(12-20(6,7)18-5)10-11-16(14)13-21(8,9)19-17(2,3)4;;/h15-16H,10-13H2,1-9H3;1H3;/q-3;-1;+4. The van der Waals surface area contributed by atoms with E-state index in [0.717, 1.165) is 11.8 Å². The SMILES string of the molecule is C[N-][Si](C)(C)CC1CCC(C[Si](C)(C)[N-]C(C)(C)C)[C-]1C.[CH3-].[Zr+4]. The Morgan fingerprint density at radius 3 is 1.70 bits per heavy atom. The minimum Gasteiger partial charge on any atom is -0.668 e. The smallest absolute Gasteiger partial charge is 0.668 e. The van der Waals surface area contributed by atoms with Crippen LogP contribution in [-0.2, 0) is 26.2 Å². The Hall–Kier alpha value is 1.24. The summed E-state index contributed by atoms with van der Waals surface area (Å²) in [5, 5.41) is 0. The molecule has 0 saturated heterocycles. The van der Waals surface area contributed by atoms with Gasteiger partial charge in [-0.2, -0.15) is 25.8 Å². The summed E-state index contributed by atoms with van der Waals surface area (Å²) in [7, 11) is -0.748. The van der Waals surface area contributed by atoms with Gasteiger partial charge in [0.1, 0.15) is 0 Å². The van der Waals surface area contributed by atoms with E-state index in [4.69, 9.17) is 4.98 Å². The van der Waals surface area contributed by atoms with Crippen molar-refractivity contribution in [2.45, 2.75) is 84.4 Å². The molecule has 0 heterocycles. The first kappa shape index (κ1) is 26.5. The first-order valence-electron chi connectivity index (χ1n) is 8.54. The van der Waals surface area contributed by atoms with Crippen molar-refractivity contribution in [1.29, 1.82) is 0 Å². The summed E-state index contributed by atoms with van der Waals surface area (Å²) in [6.07, 6.45) is 2.78. The van der Waals surface area contributed by atoms with Crippen molar-refractivity contribution >= 4 is 16.5 Å². The van der Waals surface area contributed by atoms with Gasteiger partial charge in [-0.15, -0.1) is 5.54 Å². The van der Waals surface area contributed by atoms with E-state index in [0.29, 0.717) is 0 Å². The van der Waals surface area contributed by atoms with Crippen LogP contribution in [0.15, 0.2) is 0 Å². The Kier molecular flexibility index (Phi) is 11.3. The molecule has 134 valence electrons. The third-order valence-electron chi connectivity index (χ3n) is 4.89. The fourth-order valence-electron chi connectivity index (χ4n) is 3.97. The van der Waals surface area contributed by atoms with E-state index in [2.05, 4.69) is 58.9 Å². The average molecular weight is 432 g/mol. The van der Waals surface area contributed by atoms with Crippen molar-refractivity contribution in [1.82, 2.24) is 0 Å². The molecule has 1 fully saturated rings. The van der Waals surface area contributed by atoms with E-state index in [9.17, 15) is 0 Å². The Morgan fingerprint density at radius 1 is 0.957 bits per heavy atom. The molecule has 2 nitrogen and oxygen atoms in total. The zero-order valence-corrected chi connectivity index (χ0v) is 21.8. The van der Waals surface area contributed by atoms with Crippen molar-refractivity contribution in [2.75, 3.05) is 7.05 Å². The van der Waals surface area contributed by atoms with Crippen LogP contribution in [0, 0.1) is 25.2 Å². The average Bonchev–Trinajstić information content (AvgIpc) is 2.57. The van der Waals surface area contributed by atoms with Gasteiger partial charge in [0.2, 0.25) is 0 Å². The van der Waals surface area contributed by atoms with Crippen molar-refractivity contribution < 1.29 is 26.2 Å². The van der Waals surface area contributed by atoms with E-state index < -0.39 is 16.5 Å². The maximum absolute atomic E-state index is 5.17. The number of hydrogen-bond donors (Lipinski definition) is 0.